The smallest absolute Gasteiger partial charge is 0.231 e. The number of halogens is 1. The van der Waals surface area contributed by atoms with Crippen LogP contribution in [0.15, 0.2) is 48.5 Å². The van der Waals surface area contributed by atoms with Gasteiger partial charge in [0.1, 0.15) is 5.82 Å². The summed E-state index contributed by atoms with van der Waals surface area (Å²) in [5.74, 6) is -0.196. The molecule has 152 valence electrons. The van der Waals surface area contributed by atoms with E-state index in [0.29, 0.717) is 23.2 Å². The first-order chi connectivity index (χ1) is 14.4. The normalized spacial score (nSPS) is 27.6. The fourth-order valence-electron chi connectivity index (χ4n) is 6.21. The molecule has 4 saturated carbocycles. The highest BCUT2D eigenvalue weighted by molar-refractivity contribution is 5.98. The third kappa shape index (κ3) is 2.70. The Morgan fingerprint density at radius 3 is 2.37 bits per heavy atom. The number of anilines is 1. The van der Waals surface area contributed by atoms with E-state index in [1.807, 2.05) is 0 Å². The SMILES string of the molecule is N#Cc1cccc(C(=O)CC23CC(C4(C(=O)Nc5ccc(F)cc5)CCC4)(C2)C3)c1. The first kappa shape index (κ1) is 19.0. The topological polar surface area (TPSA) is 70.0 Å². The number of carbonyl (C=O) groups is 2. The highest BCUT2D eigenvalue weighted by Gasteiger charge is 2.77. The quantitative estimate of drug-likeness (QED) is 0.671. The summed E-state index contributed by atoms with van der Waals surface area (Å²) < 4.78 is 13.2. The van der Waals surface area contributed by atoms with Gasteiger partial charge in [-0.3, -0.25) is 9.59 Å². The van der Waals surface area contributed by atoms with Crippen LogP contribution in [0, 0.1) is 33.4 Å². The molecule has 4 nitrogen and oxygen atoms in total. The van der Waals surface area contributed by atoms with Gasteiger partial charge in [-0.2, -0.15) is 5.26 Å². The molecule has 4 aliphatic carbocycles. The third-order valence-corrected chi connectivity index (χ3v) is 7.75. The van der Waals surface area contributed by atoms with Crippen LogP contribution < -0.4 is 5.32 Å². The monoisotopic (exact) mass is 402 g/mol. The lowest BCUT2D eigenvalue weighted by molar-refractivity contribution is -0.278. The van der Waals surface area contributed by atoms with Crippen LogP contribution in [0.1, 0.15) is 60.9 Å². The molecule has 0 aromatic heterocycles. The molecule has 4 aliphatic rings. The van der Waals surface area contributed by atoms with Crippen molar-refractivity contribution in [3.05, 3.63) is 65.5 Å². The van der Waals surface area contributed by atoms with Gasteiger partial charge in [-0.1, -0.05) is 18.6 Å². The number of Topliss-reactive ketones (excluding diaryl/α,β-unsaturated/α-hetero) is 1. The zero-order chi connectivity index (χ0) is 21.0. The number of ketones is 1. The fraction of sp³-hybridized carbons (Fsp3) is 0.400. The summed E-state index contributed by atoms with van der Waals surface area (Å²) in [6.45, 7) is 0. The molecule has 2 aromatic carbocycles. The van der Waals surface area contributed by atoms with Crippen molar-refractivity contribution in [2.45, 2.75) is 44.9 Å². The number of amides is 1. The van der Waals surface area contributed by atoms with E-state index in [9.17, 15) is 14.0 Å². The van der Waals surface area contributed by atoms with Gasteiger partial charge in [0.05, 0.1) is 17.0 Å². The molecule has 0 spiro atoms. The predicted molar refractivity (Wildman–Crippen MR) is 110 cm³/mol. The van der Waals surface area contributed by atoms with Gasteiger partial charge >= 0.3 is 0 Å². The van der Waals surface area contributed by atoms with E-state index in [1.165, 1.54) is 12.1 Å². The van der Waals surface area contributed by atoms with Gasteiger partial charge in [-0.15, -0.1) is 0 Å². The molecule has 0 heterocycles. The number of benzene rings is 2. The lowest BCUT2D eigenvalue weighted by Crippen LogP contribution is -2.73. The average Bonchev–Trinajstić information content (AvgIpc) is 2.65. The summed E-state index contributed by atoms with van der Waals surface area (Å²) in [7, 11) is 0. The van der Waals surface area contributed by atoms with Crippen molar-refractivity contribution in [2.24, 2.45) is 16.2 Å². The van der Waals surface area contributed by atoms with Crippen LogP contribution >= 0.6 is 0 Å². The minimum Gasteiger partial charge on any atom is -0.326 e. The highest BCUT2D eigenvalue weighted by atomic mass is 19.1. The van der Waals surface area contributed by atoms with E-state index in [4.69, 9.17) is 5.26 Å². The molecular weight excluding hydrogens is 379 g/mol. The van der Waals surface area contributed by atoms with Gasteiger partial charge in [0, 0.05) is 17.7 Å². The Bertz CT molecular complexity index is 1060. The molecule has 0 atom stereocenters. The number of nitriles is 1. The van der Waals surface area contributed by atoms with Crippen molar-refractivity contribution in [1.82, 2.24) is 0 Å². The Balaban J connectivity index is 1.26. The molecule has 1 N–H and O–H groups in total. The summed E-state index contributed by atoms with van der Waals surface area (Å²) in [5, 5.41) is 12.1. The van der Waals surface area contributed by atoms with Gasteiger partial charge in [-0.25, -0.2) is 4.39 Å². The molecule has 5 heteroatoms. The molecule has 0 aliphatic heterocycles. The van der Waals surface area contributed by atoms with Crippen LogP contribution in [0.5, 0.6) is 0 Å². The molecular formula is C25H23FN2O2. The van der Waals surface area contributed by atoms with E-state index in [-0.39, 0.29) is 33.8 Å². The number of rotatable bonds is 6. The van der Waals surface area contributed by atoms with Gasteiger partial charge in [0.25, 0.3) is 0 Å². The summed E-state index contributed by atoms with van der Waals surface area (Å²) in [4.78, 5) is 25.9. The first-order valence-corrected chi connectivity index (χ1v) is 10.5. The van der Waals surface area contributed by atoms with Crippen molar-refractivity contribution in [3.63, 3.8) is 0 Å². The van der Waals surface area contributed by atoms with Crippen LogP contribution in [0.25, 0.3) is 0 Å². The van der Waals surface area contributed by atoms with Gasteiger partial charge in [-0.05, 0) is 79.3 Å². The maximum absolute atomic E-state index is 13.2. The van der Waals surface area contributed by atoms with Gasteiger partial charge in [0.15, 0.2) is 5.78 Å². The van der Waals surface area contributed by atoms with Crippen LogP contribution in [-0.4, -0.2) is 11.7 Å². The van der Waals surface area contributed by atoms with Crippen molar-refractivity contribution >= 4 is 17.4 Å². The van der Waals surface area contributed by atoms with E-state index < -0.39 is 0 Å². The number of hydrogen-bond acceptors (Lipinski definition) is 3. The zero-order valence-electron chi connectivity index (χ0n) is 16.7. The maximum atomic E-state index is 13.2. The second-order valence-electron chi connectivity index (χ2n) is 9.50. The van der Waals surface area contributed by atoms with Gasteiger partial charge < -0.3 is 5.32 Å². The Hall–Kier alpha value is -3.00. The standard InChI is InChI=1S/C25H23FN2O2/c26-19-5-7-20(8-6-19)28-22(30)25(9-2-10-25)24-14-23(15-24,16-24)12-21(29)18-4-1-3-17(11-18)13-27/h1,3-8,11H,2,9-10,12,14-16H2,(H,28,30). The van der Waals surface area contributed by atoms with Crippen LogP contribution in [0.2, 0.25) is 0 Å². The molecule has 30 heavy (non-hydrogen) atoms. The zero-order valence-corrected chi connectivity index (χ0v) is 16.7. The second kappa shape index (κ2) is 6.50. The Morgan fingerprint density at radius 2 is 1.77 bits per heavy atom. The van der Waals surface area contributed by atoms with Gasteiger partial charge in [0.2, 0.25) is 5.91 Å². The van der Waals surface area contributed by atoms with E-state index in [2.05, 4.69) is 11.4 Å². The van der Waals surface area contributed by atoms with E-state index in [0.717, 1.165) is 38.5 Å². The third-order valence-electron chi connectivity index (χ3n) is 7.75. The summed E-state index contributed by atoms with van der Waals surface area (Å²) in [5.41, 5.74) is 1.39. The number of nitrogens with one attached hydrogen (secondary N) is 1. The van der Waals surface area contributed by atoms with Crippen molar-refractivity contribution < 1.29 is 14.0 Å². The Kier molecular flexibility index (Phi) is 4.12. The second-order valence-corrected chi connectivity index (χ2v) is 9.50. The lowest BCUT2D eigenvalue weighted by Gasteiger charge is -2.78. The minimum atomic E-state index is -0.354. The summed E-state index contributed by atoms with van der Waals surface area (Å²) >= 11 is 0. The molecule has 0 saturated heterocycles. The number of hydrogen-bond donors (Lipinski definition) is 1. The van der Waals surface area contributed by atoms with Crippen LogP contribution in [0.4, 0.5) is 10.1 Å². The molecule has 2 bridgehead atoms. The molecule has 2 aromatic rings. The molecule has 4 fully saturated rings. The first-order valence-electron chi connectivity index (χ1n) is 10.5. The summed E-state index contributed by atoms with van der Waals surface area (Å²) in [6.07, 6.45) is 6.05. The van der Waals surface area contributed by atoms with E-state index in [1.54, 1.807) is 36.4 Å². The number of nitrogens with zero attached hydrogens (tertiary/aromatic N) is 1. The Morgan fingerprint density at radius 1 is 1.07 bits per heavy atom. The van der Waals surface area contributed by atoms with Crippen LogP contribution in [0.3, 0.4) is 0 Å². The largest absolute Gasteiger partial charge is 0.326 e. The minimum absolute atomic E-state index is 0.00411. The summed E-state index contributed by atoms with van der Waals surface area (Å²) in [6, 6.07) is 14.9. The van der Waals surface area contributed by atoms with Crippen molar-refractivity contribution in [3.8, 4) is 6.07 Å². The van der Waals surface area contributed by atoms with Crippen molar-refractivity contribution in [2.75, 3.05) is 5.32 Å². The van der Waals surface area contributed by atoms with Crippen LogP contribution in [-0.2, 0) is 4.79 Å². The molecule has 6 rings (SSSR count). The molecule has 0 unspecified atom stereocenters. The maximum Gasteiger partial charge on any atom is 0.231 e. The molecule has 0 radical (unpaired) electrons. The predicted octanol–water partition coefficient (Wildman–Crippen LogP) is 5.25. The lowest BCUT2D eigenvalue weighted by atomic mass is 9.25. The Labute approximate surface area is 175 Å². The van der Waals surface area contributed by atoms with Crippen molar-refractivity contribution in [1.29, 1.82) is 5.26 Å². The molecule has 1 amide bonds. The highest BCUT2D eigenvalue weighted by Crippen LogP contribution is 2.83. The average molecular weight is 402 g/mol. The number of carbonyl (C=O) groups excluding carboxylic acids is 2. The van der Waals surface area contributed by atoms with E-state index >= 15 is 0 Å². The fourth-order valence-corrected chi connectivity index (χ4v) is 6.21.